The maximum absolute atomic E-state index is 11.7. The van der Waals surface area contributed by atoms with Gasteiger partial charge in [0.2, 0.25) is 0 Å². The van der Waals surface area contributed by atoms with Gasteiger partial charge in [0.1, 0.15) is 5.52 Å². The Kier molecular flexibility index (Phi) is 6.94. The molecule has 3 N–H and O–H groups in total. The molecule has 0 spiro atoms. The average Bonchev–Trinajstić information content (AvgIpc) is 3.43. The van der Waals surface area contributed by atoms with Crippen LogP contribution in [0, 0.1) is 17.8 Å². The summed E-state index contributed by atoms with van der Waals surface area (Å²) < 4.78 is 2.34. The SMILES string of the molecule is CC1CCC(Cn2c(Sc3ccccc3)nc3nc(C4NOC(=O)N4)nc(N[C@H](C)C4CCC4)c32)CC1. The summed E-state index contributed by atoms with van der Waals surface area (Å²) in [6.07, 6.45) is 7.60. The van der Waals surface area contributed by atoms with E-state index in [2.05, 4.69) is 58.8 Å². The zero-order valence-electron chi connectivity index (χ0n) is 21.4. The highest BCUT2D eigenvalue weighted by Gasteiger charge is 2.31. The van der Waals surface area contributed by atoms with Gasteiger partial charge in [-0.1, -0.05) is 56.1 Å². The first-order valence-electron chi connectivity index (χ1n) is 13.5. The number of hydroxylamine groups is 1. The van der Waals surface area contributed by atoms with Crippen LogP contribution in [0.1, 0.15) is 70.8 Å². The summed E-state index contributed by atoms with van der Waals surface area (Å²) >= 11 is 1.66. The Morgan fingerprint density at radius 2 is 1.89 bits per heavy atom. The molecule has 3 aromatic rings. The molecule has 1 aliphatic heterocycles. The van der Waals surface area contributed by atoms with Crippen LogP contribution >= 0.6 is 11.8 Å². The Hall–Kier alpha value is -2.85. The van der Waals surface area contributed by atoms with Gasteiger partial charge >= 0.3 is 6.09 Å². The molecule has 1 amide bonds. The van der Waals surface area contributed by atoms with E-state index in [1.54, 1.807) is 11.8 Å². The zero-order chi connectivity index (χ0) is 25.4. The second-order valence-electron chi connectivity index (χ2n) is 10.9. The van der Waals surface area contributed by atoms with Crippen LogP contribution < -0.4 is 16.1 Å². The van der Waals surface area contributed by atoms with Gasteiger partial charge in [0.05, 0.1) is 0 Å². The lowest BCUT2D eigenvalue weighted by molar-refractivity contribution is 0.120. The monoisotopic (exact) mass is 521 g/mol. The number of nitrogens with zero attached hydrogens (tertiary/aromatic N) is 4. The summed E-state index contributed by atoms with van der Waals surface area (Å²) in [7, 11) is 0. The van der Waals surface area contributed by atoms with Crippen LogP contribution in [0.3, 0.4) is 0 Å². The van der Waals surface area contributed by atoms with Gasteiger partial charge < -0.3 is 14.7 Å². The largest absolute Gasteiger partial charge is 0.427 e. The lowest BCUT2D eigenvalue weighted by Crippen LogP contribution is -2.32. The topological polar surface area (TPSA) is 106 Å². The summed E-state index contributed by atoms with van der Waals surface area (Å²) in [5.41, 5.74) is 4.27. The number of nitrogens with one attached hydrogen (secondary N) is 3. The third kappa shape index (κ3) is 5.27. The molecule has 37 heavy (non-hydrogen) atoms. The maximum atomic E-state index is 11.7. The van der Waals surface area contributed by atoms with Crippen LogP contribution in [0.15, 0.2) is 40.4 Å². The minimum absolute atomic E-state index is 0.284. The first-order valence-corrected chi connectivity index (χ1v) is 14.4. The highest BCUT2D eigenvalue weighted by atomic mass is 32.2. The number of fused-ring (bicyclic) bond motifs is 1. The Labute approximate surface area is 221 Å². The number of aromatic nitrogens is 4. The summed E-state index contributed by atoms with van der Waals surface area (Å²) in [6, 6.07) is 10.6. The van der Waals surface area contributed by atoms with Gasteiger partial charge in [0.25, 0.3) is 0 Å². The van der Waals surface area contributed by atoms with Crippen molar-refractivity contribution in [3.05, 3.63) is 36.2 Å². The molecule has 1 aromatic carbocycles. The number of carbonyl (C=O) groups excluding carboxylic acids is 1. The van der Waals surface area contributed by atoms with Crippen molar-refractivity contribution in [3.63, 3.8) is 0 Å². The summed E-state index contributed by atoms with van der Waals surface area (Å²) in [5, 5.41) is 7.37. The van der Waals surface area contributed by atoms with Crippen LogP contribution in [0.2, 0.25) is 0 Å². The van der Waals surface area contributed by atoms with Gasteiger partial charge in [-0.25, -0.2) is 19.7 Å². The molecule has 2 aromatic heterocycles. The van der Waals surface area contributed by atoms with Crippen LogP contribution in [0.4, 0.5) is 10.6 Å². The van der Waals surface area contributed by atoms with Crippen molar-refractivity contribution < 1.29 is 9.63 Å². The van der Waals surface area contributed by atoms with Crippen molar-refractivity contribution in [1.29, 1.82) is 0 Å². The van der Waals surface area contributed by atoms with E-state index >= 15 is 0 Å². The normalized spacial score (nSPS) is 24.9. The zero-order valence-corrected chi connectivity index (χ0v) is 22.3. The van der Waals surface area contributed by atoms with E-state index in [1.807, 2.05) is 6.07 Å². The van der Waals surface area contributed by atoms with Crippen molar-refractivity contribution in [2.24, 2.45) is 17.8 Å². The molecular weight excluding hydrogens is 486 g/mol. The Bertz CT molecular complexity index is 1250. The average molecular weight is 522 g/mol. The molecular formula is C27H35N7O2S. The molecule has 196 valence electrons. The van der Waals surface area contributed by atoms with Gasteiger partial charge in [-0.3, -0.25) is 5.32 Å². The molecule has 3 fully saturated rings. The fourth-order valence-corrected chi connectivity index (χ4v) is 6.47. The molecule has 2 aliphatic carbocycles. The molecule has 2 saturated carbocycles. The smallest absolute Gasteiger partial charge is 0.365 e. The molecule has 6 rings (SSSR count). The first kappa shape index (κ1) is 24.5. The van der Waals surface area contributed by atoms with E-state index in [4.69, 9.17) is 19.8 Å². The van der Waals surface area contributed by atoms with E-state index in [0.29, 0.717) is 23.3 Å². The maximum Gasteiger partial charge on any atom is 0.427 e. The number of hydrogen-bond acceptors (Lipinski definition) is 8. The van der Waals surface area contributed by atoms with Gasteiger partial charge in [-0.05, 0) is 62.5 Å². The van der Waals surface area contributed by atoms with Crippen molar-refractivity contribution in [3.8, 4) is 0 Å². The van der Waals surface area contributed by atoms with E-state index in [-0.39, 0.29) is 6.04 Å². The third-order valence-electron chi connectivity index (χ3n) is 8.13. The van der Waals surface area contributed by atoms with Gasteiger partial charge in [-0.15, -0.1) is 5.48 Å². The Morgan fingerprint density at radius 1 is 1.11 bits per heavy atom. The lowest BCUT2D eigenvalue weighted by Gasteiger charge is -2.32. The van der Waals surface area contributed by atoms with Crippen molar-refractivity contribution in [2.75, 3.05) is 5.32 Å². The van der Waals surface area contributed by atoms with Crippen LogP contribution in [-0.2, 0) is 11.4 Å². The van der Waals surface area contributed by atoms with Gasteiger partial charge in [0.15, 0.2) is 28.6 Å². The number of anilines is 1. The summed E-state index contributed by atoms with van der Waals surface area (Å²) in [5.74, 6) is 3.25. The molecule has 10 heteroatoms. The van der Waals surface area contributed by atoms with Crippen molar-refractivity contribution in [2.45, 2.75) is 87.6 Å². The molecule has 1 unspecified atom stereocenters. The Morgan fingerprint density at radius 3 is 2.57 bits per heavy atom. The third-order valence-corrected chi connectivity index (χ3v) is 9.13. The fraction of sp³-hybridized carbons (Fsp3) is 0.556. The number of carbonyl (C=O) groups is 1. The number of benzene rings is 1. The standard InChI is InChI=1S/C27H35N7O2S/c1-16-11-13-18(14-12-16)15-34-21-22(28-17(2)19-7-6-8-19)29-24(25-32-27(35)36-33-25)30-23(21)31-26(34)37-20-9-4-3-5-10-20/h3-5,9-10,16-19,25,33H,6-8,11-15H2,1-2H3,(H,32,35)(H,28,29,30)/t16?,17-,18?,25?/m1/s1. The van der Waals surface area contributed by atoms with Crippen molar-refractivity contribution >= 4 is 34.8 Å². The first-order chi connectivity index (χ1) is 18.0. The van der Waals surface area contributed by atoms with E-state index in [0.717, 1.165) is 33.8 Å². The van der Waals surface area contributed by atoms with E-state index in [9.17, 15) is 4.79 Å². The van der Waals surface area contributed by atoms with Gasteiger partial charge in [-0.2, -0.15) is 0 Å². The lowest BCUT2D eigenvalue weighted by atomic mass is 9.80. The molecule has 1 saturated heterocycles. The second-order valence-corrected chi connectivity index (χ2v) is 11.9. The van der Waals surface area contributed by atoms with Crippen LogP contribution in [0.25, 0.3) is 11.2 Å². The number of amides is 1. The number of hydrogen-bond donors (Lipinski definition) is 3. The minimum Gasteiger partial charge on any atom is -0.365 e. The van der Waals surface area contributed by atoms with E-state index < -0.39 is 12.3 Å². The van der Waals surface area contributed by atoms with E-state index in [1.165, 1.54) is 44.9 Å². The highest BCUT2D eigenvalue weighted by Crippen LogP contribution is 2.37. The fourth-order valence-electron chi connectivity index (χ4n) is 5.55. The van der Waals surface area contributed by atoms with Crippen LogP contribution in [-0.4, -0.2) is 31.7 Å². The molecule has 3 aliphatic rings. The predicted molar refractivity (Wildman–Crippen MR) is 143 cm³/mol. The number of imidazole rings is 1. The molecule has 0 radical (unpaired) electrons. The molecule has 0 bridgehead atoms. The van der Waals surface area contributed by atoms with Gasteiger partial charge in [0, 0.05) is 17.5 Å². The quantitative estimate of drug-likeness (QED) is 0.349. The highest BCUT2D eigenvalue weighted by molar-refractivity contribution is 7.99. The molecule has 9 nitrogen and oxygen atoms in total. The second kappa shape index (κ2) is 10.5. The predicted octanol–water partition coefficient (Wildman–Crippen LogP) is 5.65. The molecule has 2 atom stereocenters. The molecule has 3 heterocycles. The Balaban J connectivity index is 1.43. The summed E-state index contributed by atoms with van der Waals surface area (Å²) in [6.45, 7) is 5.49. The minimum atomic E-state index is -0.619. The van der Waals surface area contributed by atoms with Crippen molar-refractivity contribution in [1.82, 2.24) is 30.3 Å². The number of rotatable bonds is 8. The van der Waals surface area contributed by atoms with Crippen LogP contribution in [0.5, 0.6) is 0 Å². The summed E-state index contributed by atoms with van der Waals surface area (Å²) in [4.78, 5) is 32.5.